The highest BCUT2D eigenvalue weighted by molar-refractivity contribution is 5.80. The zero-order chi connectivity index (χ0) is 33.1. The van der Waals surface area contributed by atoms with Gasteiger partial charge in [0.25, 0.3) is 0 Å². The summed E-state index contributed by atoms with van der Waals surface area (Å²) in [6, 6.07) is 0. The molecule has 1 unspecified atom stereocenters. The van der Waals surface area contributed by atoms with E-state index in [1.54, 1.807) is 0 Å². The fraction of sp³-hybridized carbons (Fsp3) is 0.923. The first kappa shape index (κ1) is 43.4. The Labute approximate surface area is 279 Å². The maximum absolute atomic E-state index is 12.5. The molecule has 0 aromatic heterocycles. The van der Waals surface area contributed by atoms with Gasteiger partial charge in [-0.3, -0.25) is 14.4 Å². The second-order valence-corrected chi connectivity index (χ2v) is 13.6. The second-order valence-electron chi connectivity index (χ2n) is 13.6. The lowest BCUT2D eigenvalue weighted by atomic mass is 10.0. The average molecular weight is 638 g/mol. The van der Waals surface area contributed by atoms with E-state index in [1.165, 1.54) is 128 Å². The Balaban J connectivity index is 3.61. The molecule has 0 radical (unpaired) electrons. The first-order valence-corrected chi connectivity index (χ1v) is 19.7. The number of carboxylic acids is 1. The van der Waals surface area contributed by atoms with Crippen molar-refractivity contribution in [3.63, 3.8) is 0 Å². The standard InChI is InChI=1S/C39H75NO5/c1-3-5-7-8-9-10-11-12-13-14-15-16-17-18-19-20-21-22-23-24-25-30-34-39(44)45-36(31-27-6-4-2)32-28-26-29-33-37(41)40-35-38(42)43/h36H,3-35H2,1-2H3,(H,40,41)(H,42,43). The molecule has 0 aromatic rings. The van der Waals surface area contributed by atoms with Crippen molar-refractivity contribution < 1.29 is 24.2 Å². The highest BCUT2D eigenvalue weighted by Gasteiger charge is 2.14. The van der Waals surface area contributed by atoms with Gasteiger partial charge in [0.1, 0.15) is 12.6 Å². The number of hydrogen-bond acceptors (Lipinski definition) is 4. The van der Waals surface area contributed by atoms with E-state index in [9.17, 15) is 14.4 Å². The molecule has 0 aromatic carbocycles. The molecule has 0 fully saturated rings. The van der Waals surface area contributed by atoms with E-state index < -0.39 is 5.97 Å². The van der Waals surface area contributed by atoms with Gasteiger partial charge in [-0.15, -0.1) is 0 Å². The molecule has 6 nitrogen and oxygen atoms in total. The van der Waals surface area contributed by atoms with E-state index in [0.717, 1.165) is 64.2 Å². The maximum Gasteiger partial charge on any atom is 0.322 e. The molecule has 2 N–H and O–H groups in total. The van der Waals surface area contributed by atoms with Crippen LogP contribution in [0.2, 0.25) is 0 Å². The van der Waals surface area contributed by atoms with Gasteiger partial charge >= 0.3 is 11.9 Å². The number of carboxylic acid groups (broad SMARTS) is 1. The normalized spacial score (nSPS) is 11.9. The SMILES string of the molecule is CCCCCCCCCCCCCCCCCCCCCCCCC(=O)OC(CCCCC)CCCCCC(=O)NCC(=O)O. The van der Waals surface area contributed by atoms with Crippen molar-refractivity contribution in [1.82, 2.24) is 5.32 Å². The Morgan fingerprint density at radius 2 is 0.822 bits per heavy atom. The number of unbranched alkanes of at least 4 members (excludes halogenated alkanes) is 25. The Morgan fingerprint density at radius 1 is 0.489 bits per heavy atom. The van der Waals surface area contributed by atoms with Gasteiger partial charge in [-0.25, -0.2) is 0 Å². The van der Waals surface area contributed by atoms with Crippen LogP contribution in [-0.4, -0.2) is 35.6 Å². The molecule has 6 heteroatoms. The van der Waals surface area contributed by atoms with Crippen LogP contribution < -0.4 is 5.32 Å². The van der Waals surface area contributed by atoms with Gasteiger partial charge in [0.15, 0.2) is 0 Å². The fourth-order valence-electron chi connectivity index (χ4n) is 6.10. The lowest BCUT2D eigenvalue weighted by Crippen LogP contribution is -2.28. The minimum atomic E-state index is -1.03. The van der Waals surface area contributed by atoms with Gasteiger partial charge in [-0.2, -0.15) is 0 Å². The number of nitrogens with one attached hydrogen (secondary N) is 1. The number of esters is 1. The van der Waals surface area contributed by atoms with E-state index >= 15 is 0 Å². The van der Waals surface area contributed by atoms with Crippen molar-refractivity contribution in [3.8, 4) is 0 Å². The van der Waals surface area contributed by atoms with Crippen molar-refractivity contribution in [1.29, 1.82) is 0 Å². The Hall–Kier alpha value is -1.59. The molecule has 0 aliphatic carbocycles. The first-order valence-electron chi connectivity index (χ1n) is 19.7. The van der Waals surface area contributed by atoms with Gasteiger partial charge in [0.2, 0.25) is 5.91 Å². The van der Waals surface area contributed by atoms with Crippen molar-refractivity contribution in [2.75, 3.05) is 6.54 Å². The molecule has 0 saturated carbocycles. The van der Waals surface area contributed by atoms with Crippen molar-refractivity contribution >= 4 is 17.8 Å². The smallest absolute Gasteiger partial charge is 0.322 e. The monoisotopic (exact) mass is 638 g/mol. The minimum Gasteiger partial charge on any atom is -0.480 e. The van der Waals surface area contributed by atoms with Gasteiger partial charge in [-0.1, -0.05) is 168 Å². The molecule has 0 aliphatic rings. The predicted octanol–water partition coefficient (Wildman–Crippen LogP) is 11.6. The third-order valence-electron chi connectivity index (χ3n) is 9.03. The summed E-state index contributed by atoms with van der Waals surface area (Å²) in [5, 5.41) is 11.0. The quantitative estimate of drug-likeness (QED) is 0.0526. The number of hydrogen-bond donors (Lipinski definition) is 2. The number of rotatable bonds is 36. The summed E-state index contributed by atoms with van der Waals surface area (Å²) in [5.41, 5.74) is 0. The predicted molar refractivity (Wildman–Crippen MR) is 190 cm³/mol. The number of carbonyl (C=O) groups excluding carboxylic acids is 2. The van der Waals surface area contributed by atoms with Crippen LogP contribution in [0.1, 0.15) is 219 Å². The van der Waals surface area contributed by atoms with Gasteiger partial charge in [-0.05, 0) is 38.5 Å². The summed E-state index contributed by atoms with van der Waals surface area (Å²) in [7, 11) is 0. The summed E-state index contributed by atoms with van der Waals surface area (Å²) in [4.78, 5) is 34.6. The van der Waals surface area contributed by atoms with E-state index in [0.29, 0.717) is 12.8 Å². The minimum absolute atomic E-state index is 0.0235. The first-order chi connectivity index (χ1) is 22.0. The summed E-state index contributed by atoms with van der Waals surface area (Å²) >= 11 is 0. The molecule has 0 rings (SSSR count). The average Bonchev–Trinajstić information content (AvgIpc) is 3.02. The number of aliphatic carboxylic acids is 1. The van der Waals surface area contributed by atoms with Crippen LogP contribution in [0.25, 0.3) is 0 Å². The molecular formula is C39H75NO5. The molecule has 0 bridgehead atoms. The summed E-state index contributed by atoms with van der Waals surface area (Å²) in [6.07, 6.45) is 38.5. The van der Waals surface area contributed by atoms with Crippen LogP contribution >= 0.6 is 0 Å². The highest BCUT2D eigenvalue weighted by atomic mass is 16.5. The van der Waals surface area contributed by atoms with E-state index in [2.05, 4.69) is 19.2 Å². The second kappa shape index (κ2) is 35.3. The topological polar surface area (TPSA) is 92.7 Å². The lowest BCUT2D eigenvalue weighted by Gasteiger charge is -2.18. The molecule has 0 aliphatic heterocycles. The molecule has 45 heavy (non-hydrogen) atoms. The highest BCUT2D eigenvalue weighted by Crippen LogP contribution is 2.18. The number of ether oxygens (including phenoxy) is 1. The summed E-state index contributed by atoms with van der Waals surface area (Å²) in [5.74, 6) is -1.30. The maximum atomic E-state index is 12.5. The van der Waals surface area contributed by atoms with Crippen molar-refractivity contribution in [2.45, 2.75) is 225 Å². The Bertz CT molecular complexity index is 668. The summed E-state index contributed by atoms with van der Waals surface area (Å²) < 4.78 is 5.85. The van der Waals surface area contributed by atoms with Crippen molar-refractivity contribution in [2.24, 2.45) is 0 Å². The van der Waals surface area contributed by atoms with Crippen LogP contribution in [0.4, 0.5) is 0 Å². The molecule has 1 amide bonds. The van der Waals surface area contributed by atoms with Crippen LogP contribution in [0.3, 0.4) is 0 Å². The zero-order valence-electron chi connectivity index (χ0n) is 30.0. The lowest BCUT2D eigenvalue weighted by molar-refractivity contribution is -0.150. The van der Waals surface area contributed by atoms with Gasteiger partial charge in [0, 0.05) is 12.8 Å². The van der Waals surface area contributed by atoms with Crippen LogP contribution in [-0.2, 0) is 19.1 Å². The van der Waals surface area contributed by atoms with Gasteiger partial charge < -0.3 is 15.2 Å². The number of carbonyl (C=O) groups is 3. The van der Waals surface area contributed by atoms with Crippen LogP contribution in [0, 0.1) is 0 Å². The zero-order valence-corrected chi connectivity index (χ0v) is 30.0. The molecule has 0 heterocycles. The molecular weight excluding hydrogens is 562 g/mol. The molecule has 1 atom stereocenters. The van der Waals surface area contributed by atoms with Crippen LogP contribution in [0.15, 0.2) is 0 Å². The van der Waals surface area contributed by atoms with E-state index in [1.807, 2.05) is 0 Å². The fourth-order valence-corrected chi connectivity index (χ4v) is 6.10. The van der Waals surface area contributed by atoms with Crippen molar-refractivity contribution in [3.05, 3.63) is 0 Å². The third kappa shape index (κ3) is 35.1. The molecule has 266 valence electrons. The number of amides is 1. The Morgan fingerprint density at radius 3 is 1.24 bits per heavy atom. The largest absolute Gasteiger partial charge is 0.480 e. The summed E-state index contributed by atoms with van der Waals surface area (Å²) in [6.45, 7) is 4.14. The van der Waals surface area contributed by atoms with Gasteiger partial charge in [0.05, 0.1) is 0 Å². The molecule has 0 spiro atoms. The molecule has 0 saturated heterocycles. The van der Waals surface area contributed by atoms with E-state index in [4.69, 9.17) is 9.84 Å². The van der Waals surface area contributed by atoms with Crippen LogP contribution in [0.5, 0.6) is 0 Å². The Kier molecular flexibility index (Phi) is 34.0. The van der Waals surface area contributed by atoms with E-state index in [-0.39, 0.29) is 24.5 Å². The third-order valence-corrected chi connectivity index (χ3v) is 9.03.